The summed E-state index contributed by atoms with van der Waals surface area (Å²) in [5, 5.41) is -0.928. The fraction of sp³-hybridized carbons (Fsp3) is 0.333. The zero-order chi connectivity index (χ0) is 20.7. The maximum atomic E-state index is 12.6. The van der Waals surface area contributed by atoms with Crippen molar-refractivity contribution < 1.29 is 26.3 Å². The van der Waals surface area contributed by atoms with Crippen molar-refractivity contribution in [1.29, 1.82) is 0 Å². The van der Waals surface area contributed by atoms with E-state index in [1.165, 1.54) is 6.07 Å². The number of benzene rings is 1. The highest BCUT2D eigenvalue weighted by Gasteiger charge is 2.45. The van der Waals surface area contributed by atoms with E-state index in [0.717, 1.165) is 12.3 Å². The number of amidine groups is 1. The fourth-order valence-electron chi connectivity index (χ4n) is 3.01. The Morgan fingerprint density at radius 1 is 1.14 bits per heavy atom. The van der Waals surface area contributed by atoms with E-state index in [0.29, 0.717) is 16.8 Å². The van der Waals surface area contributed by atoms with Crippen LogP contribution in [0.4, 0.5) is 13.2 Å². The topological polar surface area (TPSA) is 94.6 Å². The Morgan fingerprint density at radius 3 is 2.29 bits per heavy atom. The van der Waals surface area contributed by atoms with Gasteiger partial charge in [0.2, 0.25) is 0 Å². The van der Waals surface area contributed by atoms with Gasteiger partial charge in [-0.2, -0.15) is 13.2 Å². The average Bonchev–Trinajstić information content (AvgIpc) is 2.57. The van der Waals surface area contributed by atoms with E-state index in [9.17, 15) is 21.6 Å². The molecule has 3 rings (SSSR count). The summed E-state index contributed by atoms with van der Waals surface area (Å²) in [5.41, 5.74) is 5.25. The molecule has 1 aliphatic heterocycles. The standard InChI is InChI=1S/C18H18F3N3O3S/c1-17(2)15(28(25,26)24-16(22)27-17)9-11-3-5-12(6-4-11)14-8-7-13(10-23-14)18(19,20)21/h3-8,10,15H,9H2,1-2H3,(H2,22,24). The summed E-state index contributed by atoms with van der Waals surface area (Å²) in [7, 11) is -3.84. The third kappa shape index (κ3) is 4.11. The Hall–Kier alpha value is -2.62. The van der Waals surface area contributed by atoms with Crippen molar-refractivity contribution in [3.63, 3.8) is 0 Å². The molecule has 150 valence electrons. The third-order valence-corrected chi connectivity index (χ3v) is 6.37. The van der Waals surface area contributed by atoms with Crippen LogP contribution in [-0.2, 0) is 27.4 Å². The van der Waals surface area contributed by atoms with Crippen molar-refractivity contribution >= 4 is 16.0 Å². The predicted molar refractivity (Wildman–Crippen MR) is 97.9 cm³/mol. The molecular weight excluding hydrogens is 395 g/mol. The van der Waals surface area contributed by atoms with Gasteiger partial charge in [0.25, 0.3) is 16.0 Å². The summed E-state index contributed by atoms with van der Waals surface area (Å²) in [4.78, 5) is 3.85. The van der Waals surface area contributed by atoms with Gasteiger partial charge < -0.3 is 10.5 Å². The zero-order valence-electron chi connectivity index (χ0n) is 15.1. The lowest BCUT2D eigenvalue weighted by Crippen LogP contribution is -2.51. The predicted octanol–water partition coefficient (Wildman–Crippen LogP) is 3.13. The normalized spacial score (nSPS) is 20.9. The van der Waals surface area contributed by atoms with Gasteiger partial charge in [0.1, 0.15) is 10.9 Å². The second kappa shape index (κ2) is 6.77. The van der Waals surface area contributed by atoms with Crippen molar-refractivity contribution in [1.82, 2.24) is 4.98 Å². The van der Waals surface area contributed by atoms with Crippen LogP contribution in [0, 0.1) is 0 Å². The summed E-state index contributed by atoms with van der Waals surface area (Å²) in [6.45, 7) is 3.24. The summed E-state index contributed by atoms with van der Waals surface area (Å²) in [6.07, 6.45) is -3.52. The number of ether oxygens (including phenoxy) is 1. The van der Waals surface area contributed by atoms with Gasteiger partial charge in [-0.05, 0) is 38.0 Å². The van der Waals surface area contributed by atoms with Crippen LogP contribution in [0.5, 0.6) is 0 Å². The fourth-order valence-corrected chi connectivity index (χ4v) is 4.59. The quantitative estimate of drug-likeness (QED) is 0.834. The maximum Gasteiger partial charge on any atom is 0.417 e. The van der Waals surface area contributed by atoms with Crippen molar-refractivity contribution in [2.24, 2.45) is 10.1 Å². The van der Waals surface area contributed by atoms with Gasteiger partial charge in [-0.3, -0.25) is 4.98 Å². The van der Waals surface area contributed by atoms with Crippen molar-refractivity contribution in [2.45, 2.75) is 37.3 Å². The number of halogens is 3. The largest absolute Gasteiger partial charge is 0.457 e. The number of rotatable bonds is 3. The Balaban J connectivity index is 1.82. The summed E-state index contributed by atoms with van der Waals surface area (Å²) in [5.74, 6) is 0. The molecule has 1 unspecified atom stereocenters. The number of nitrogens with two attached hydrogens (primary N) is 1. The maximum absolute atomic E-state index is 12.6. The second-order valence-corrected chi connectivity index (χ2v) is 8.75. The van der Waals surface area contributed by atoms with Crippen molar-refractivity contribution in [3.8, 4) is 11.3 Å². The first kappa shape index (κ1) is 20.1. The number of aromatic nitrogens is 1. The van der Waals surface area contributed by atoms with Crippen molar-refractivity contribution in [3.05, 3.63) is 53.7 Å². The molecule has 2 N–H and O–H groups in total. The van der Waals surface area contributed by atoms with Crippen LogP contribution in [0.25, 0.3) is 11.3 Å². The molecule has 1 aliphatic rings. The lowest BCUT2D eigenvalue weighted by molar-refractivity contribution is -0.137. The van der Waals surface area contributed by atoms with E-state index in [-0.39, 0.29) is 12.4 Å². The first-order valence-corrected chi connectivity index (χ1v) is 9.80. The molecular formula is C18H18F3N3O3S. The molecule has 1 atom stereocenters. The van der Waals surface area contributed by atoms with Gasteiger partial charge in [0, 0.05) is 11.8 Å². The average molecular weight is 413 g/mol. The van der Waals surface area contributed by atoms with E-state index >= 15 is 0 Å². The van der Waals surface area contributed by atoms with Crippen LogP contribution >= 0.6 is 0 Å². The molecule has 1 aromatic heterocycles. The zero-order valence-corrected chi connectivity index (χ0v) is 15.9. The van der Waals surface area contributed by atoms with Crippen molar-refractivity contribution in [2.75, 3.05) is 0 Å². The molecule has 0 fully saturated rings. The second-order valence-electron chi connectivity index (χ2n) is 6.97. The van der Waals surface area contributed by atoms with Crippen LogP contribution in [-0.4, -0.2) is 30.3 Å². The van der Waals surface area contributed by atoms with E-state index in [1.54, 1.807) is 38.1 Å². The van der Waals surface area contributed by atoms with Gasteiger partial charge in [-0.1, -0.05) is 24.3 Å². The SMILES string of the molecule is CC1(C)OC(N)=NS(=O)(=O)C1Cc1ccc(-c2ccc(C(F)(F)F)cn2)cc1. The van der Waals surface area contributed by atoms with Crippen LogP contribution in [0.3, 0.4) is 0 Å². The monoisotopic (exact) mass is 413 g/mol. The molecule has 0 saturated carbocycles. The molecule has 0 bridgehead atoms. The number of nitrogens with zero attached hydrogens (tertiary/aromatic N) is 2. The van der Waals surface area contributed by atoms with Gasteiger partial charge in [-0.15, -0.1) is 4.40 Å². The number of pyridine rings is 1. The summed E-state index contributed by atoms with van der Waals surface area (Å²) >= 11 is 0. The van der Waals surface area contributed by atoms with Crippen LogP contribution in [0.15, 0.2) is 47.0 Å². The molecule has 0 aliphatic carbocycles. The highest BCUT2D eigenvalue weighted by molar-refractivity contribution is 7.91. The minimum absolute atomic E-state index is 0.146. The number of sulfonamides is 1. The number of hydrogen-bond donors (Lipinski definition) is 1. The van der Waals surface area contributed by atoms with Gasteiger partial charge in [0.05, 0.1) is 11.3 Å². The minimum Gasteiger partial charge on any atom is -0.457 e. The van der Waals surface area contributed by atoms with Crippen LogP contribution < -0.4 is 5.73 Å². The van der Waals surface area contributed by atoms with E-state index < -0.39 is 32.6 Å². The molecule has 1 aromatic carbocycles. The smallest absolute Gasteiger partial charge is 0.417 e. The molecule has 2 aromatic rings. The lowest BCUT2D eigenvalue weighted by Gasteiger charge is -2.35. The molecule has 0 saturated heterocycles. The number of alkyl halides is 3. The minimum atomic E-state index is -4.44. The highest BCUT2D eigenvalue weighted by Crippen LogP contribution is 2.31. The number of hydrogen-bond acceptors (Lipinski definition) is 5. The van der Waals surface area contributed by atoms with E-state index in [2.05, 4.69) is 9.38 Å². The van der Waals surface area contributed by atoms with Crippen LogP contribution in [0.2, 0.25) is 0 Å². The Morgan fingerprint density at radius 2 is 1.79 bits per heavy atom. The summed E-state index contributed by atoms with van der Waals surface area (Å²) in [6, 6.07) is 8.61. The summed E-state index contributed by atoms with van der Waals surface area (Å²) < 4.78 is 71.4. The van der Waals surface area contributed by atoms with Gasteiger partial charge >= 0.3 is 6.18 Å². The van der Waals surface area contributed by atoms with Gasteiger partial charge in [-0.25, -0.2) is 8.42 Å². The Labute approximate surface area is 160 Å². The molecule has 6 nitrogen and oxygen atoms in total. The Bertz CT molecular complexity index is 999. The first-order valence-electron chi connectivity index (χ1n) is 8.29. The molecule has 0 spiro atoms. The van der Waals surface area contributed by atoms with Gasteiger partial charge in [0.15, 0.2) is 0 Å². The lowest BCUT2D eigenvalue weighted by atomic mass is 9.96. The molecule has 28 heavy (non-hydrogen) atoms. The highest BCUT2D eigenvalue weighted by atomic mass is 32.2. The molecule has 0 amide bonds. The Kier molecular flexibility index (Phi) is 4.86. The molecule has 10 heteroatoms. The van der Waals surface area contributed by atoms with E-state index in [4.69, 9.17) is 10.5 Å². The first-order chi connectivity index (χ1) is 12.9. The van der Waals surface area contributed by atoms with Crippen LogP contribution in [0.1, 0.15) is 25.0 Å². The molecule has 2 heterocycles. The third-order valence-electron chi connectivity index (χ3n) is 4.48. The molecule has 0 radical (unpaired) electrons. The van der Waals surface area contributed by atoms with E-state index in [1.807, 2.05) is 0 Å².